The molecule has 3 rings (SSSR count). The van der Waals surface area contributed by atoms with Crippen LogP contribution in [0.25, 0.3) is 0 Å². The Morgan fingerprint density at radius 1 is 1.00 bits per heavy atom. The molecular formula is C21H21N3O2. The lowest BCUT2D eigenvalue weighted by Gasteiger charge is -2.28. The third kappa shape index (κ3) is 3.42. The summed E-state index contributed by atoms with van der Waals surface area (Å²) < 4.78 is 0. The first-order chi connectivity index (χ1) is 12.5. The Morgan fingerprint density at radius 2 is 1.54 bits per heavy atom. The fourth-order valence-electron chi connectivity index (χ4n) is 3.02. The van der Waals surface area contributed by atoms with Gasteiger partial charge in [-0.15, -0.1) is 0 Å². The van der Waals surface area contributed by atoms with Gasteiger partial charge in [0.2, 0.25) is 5.91 Å². The van der Waals surface area contributed by atoms with Gasteiger partial charge in [0, 0.05) is 18.0 Å². The zero-order valence-electron chi connectivity index (χ0n) is 14.8. The van der Waals surface area contributed by atoms with E-state index in [1.165, 1.54) is 12.4 Å². The van der Waals surface area contributed by atoms with Crippen LogP contribution in [-0.2, 0) is 9.59 Å². The number of aliphatic imine (C=N–C) groups is 1. The molecule has 0 aliphatic carbocycles. The number of primary amides is 1. The van der Waals surface area contributed by atoms with Crippen molar-refractivity contribution in [1.82, 2.24) is 0 Å². The molecule has 0 bridgehead atoms. The van der Waals surface area contributed by atoms with Crippen molar-refractivity contribution in [2.24, 2.45) is 16.6 Å². The molecule has 2 N–H and O–H groups in total. The normalized spacial score (nSPS) is 16.1. The second kappa shape index (κ2) is 7.35. The van der Waals surface area contributed by atoms with Crippen LogP contribution in [0.15, 0.2) is 65.3 Å². The summed E-state index contributed by atoms with van der Waals surface area (Å²) in [5.74, 6) is -1.24. The predicted molar refractivity (Wildman–Crippen MR) is 103 cm³/mol. The molecule has 5 heteroatoms. The van der Waals surface area contributed by atoms with Gasteiger partial charge < -0.3 is 5.73 Å². The molecule has 2 aromatic carbocycles. The lowest BCUT2D eigenvalue weighted by molar-refractivity contribution is -0.119. The molecule has 1 atom stereocenters. The second-order valence-corrected chi connectivity index (χ2v) is 6.38. The van der Waals surface area contributed by atoms with E-state index in [-0.39, 0.29) is 12.3 Å². The number of hydrogen-bond acceptors (Lipinski definition) is 3. The molecule has 0 spiro atoms. The van der Waals surface area contributed by atoms with Gasteiger partial charge in [-0.2, -0.15) is 0 Å². The van der Waals surface area contributed by atoms with Crippen molar-refractivity contribution in [3.63, 3.8) is 0 Å². The van der Waals surface area contributed by atoms with Crippen LogP contribution in [0.2, 0.25) is 0 Å². The third-order valence-electron chi connectivity index (χ3n) is 4.49. The molecule has 0 fully saturated rings. The molecule has 0 saturated carbocycles. The average Bonchev–Trinajstić information content (AvgIpc) is 2.65. The average molecular weight is 347 g/mol. The van der Waals surface area contributed by atoms with E-state index in [9.17, 15) is 9.59 Å². The zero-order chi connectivity index (χ0) is 18.7. The molecular weight excluding hydrogens is 326 g/mol. The number of rotatable bonds is 4. The molecule has 1 unspecified atom stereocenters. The Hall–Kier alpha value is -3.21. The minimum Gasteiger partial charge on any atom is -0.369 e. The highest BCUT2D eigenvalue weighted by atomic mass is 16.2. The first kappa shape index (κ1) is 17.6. The number of amides is 2. The number of carbonyl (C=O) groups is 2. The summed E-state index contributed by atoms with van der Waals surface area (Å²) in [7, 11) is 0. The van der Waals surface area contributed by atoms with Gasteiger partial charge in [0.25, 0.3) is 5.91 Å². The highest BCUT2D eigenvalue weighted by Crippen LogP contribution is 2.33. The first-order valence-corrected chi connectivity index (χ1v) is 8.46. The van der Waals surface area contributed by atoms with Crippen LogP contribution in [0.4, 0.5) is 11.4 Å². The highest BCUT2D eigenvalue weighted by Gasteiger charge is 2.28. The smallest absolute Gasteiger partial charge is 0.260 e. The van der Waals surface area contributed by atoms with Gasteiger partial charge in [0.1, 0.15) is 0 Å². The summed E-state index contributed by atoms with van der Waals surface area (Å²) in [6.07, 6.45) is 3.27. The van der Waals surface area contributed by atoms with Crippen molar-refractivity contribution in [2.45, 2.75) is 20.3 Å². The molecule has 5 nitrogen and oxygen atoms in total. The van der Waals surface area contributed by atoms with Gasteiger partial charge in [0.05, 0.1) is 17.3 Å². The molecule has 1 heterocycles. The van der Waals surface area contributed by atoms with Gasteiger partial charge in [0.15, 0.2) is 0 Å². The van der Waals surface area contributed by atoms with Crippen molar-refractivity contribution in [3.05, 3.63) is 71.4 Å². The second-order valence-electron chi connectivity index (χ2n) is 6.38. The van der Waals surface area contributed by atoms with E-state index < -0.39 is 11.8 Å². The highest BCUT2D eigenvalue weighted by molar-refractivity contribution is 6.12. The minimum absolute atomic E-state index is 0.198. The Morgan fingerprint density at radius 3 is 2.04 bits per heavy atom. The fraction of sp³-hybridized carbons (Fsp3) is 0.190. The summed E-state index contributed by atoms with van der Waals surface area (Å²) in [4.78, 5) is 30.7. The maximum absolute atomic E-state index is 13.4. The van der Waals surface area contributed by atoms with Crippen LogP contribution in [0.3, 0.4) is 0 Å². The maximum atomic E-state index is 13.4. The summed E-state index contributed by atoms with van der Waals surface area (Å²) in [6, 6.07) is 15.4. The van der Waals surface area contributed by atoms with Crippen LogP contribution in [-0.4, -0.2) is 18.0 Å². The van der Waals surface area contributed by atoms with Crippen molar-refractivity contribution in [3.8, 4) is 0 Å². The standard InChI is InChI=1S/C21H21N3O2/c1-14-7-3-5-9-18(14)24(19-10-6-4-8-15(19)2)21(26)17-11-16(20(22)25)12-23-13-17/h3-10,12-13,16H,11H2,1-2H3,(H2,22,25). The van der Waals surface area contributed by atoms with E-state index in [2.05, 4.69) is 4.99 Å². The van der Waals surface area contributed by atoms with Crippen LogP contribution in [0, 0.1) is 19.8 Å². The lowest BCUT2D eigenvalue weighted by Crippen LogP contribution is -2.33. The summed E-state index contributed by atoms with van der Waals surface area (Å²) in [6.45, 7) is 3.93. The maximum Gasteiger partial charge on any atom is 0.260 e. The number of nitrogens with two attached hydrogens (primary N) is 1. The molecule has 1 aliphatic rings. The van der Waals surface area contributed by atoms with Crippen LogP contribution in [0.1, 0.15) is 17.5 Å². The Bertz CT molecular complexity index is 869. The number of anilines is 2. The molecule has 1 aliphatic heterocycles. The van der Waals surface area contributed by atoms with Crippen molar-refractivity contribution in [1.29, 1.82) is 0 Å². The molecule has 0 radical (unpaired) electrons. The van der Waals surface area contributed by atoms with Gasteiger partial charge in [-0.3, -0.25) is 19.5 Å². The number of benzene rings is 2. The minimum atomic E-state index is -0.561. The summed E-state index contributed by atoms with van der Waals surface area (Å²) in [5.41, 5.74) is 9.43. The Kier molecular flexibility index (Phi) is 4.98. The SMILES string of the molecule is Cc1ccccc1N(C(=O)C1=CN=CC(C(N)=O)C1)c1ccccc1C. The number of aryl methyl sites for hydroxylation is 2. The van der Waals surface area contributed by atoms with E-state index >= 15 is 0 Å². The lowest BCUT2D eigenvalue weighted by atomic mass is 9.96. The van der Waals surface area contributed by atoms with Gasteiger partial charge in [-0.25, -0.2) is 0 Å². The molecule has 2 amide bonds. The largest absolute Gasteiger partial charge is 0.369 e. The van der Waals surface area contributed by atoms with E-state index in [0.29, 0.717) is 5.57 Å². The van der Waals surface area contributed by atoms with Crippen LogP contribution < -0.4 is 10.6 Å². The topological polar surface area (TPSA) is 75.8 Å². The van der Waals surface area contributed by atoms with Crippen LogP contribution >= 0.6 is 0 Å². The molecule has 132 valence electrons. The molecule has 26 heavy (non-hydrogen) atoms. The van der Waals surface area contributed by atoms with E-state index in [1.54, 1.807) is 4.90 Å². The number of hydrogen-bond donors (Lipinski definition) is 1. The fourth-order valence-corrected chi connectivity index (χ4v) is 3.02. The van der Waals surface area contributed by atoms with E-state index in [0.717, 1.165) is 22.5 Å². The summed E-state index contributed by atoms with van der Waals surface area (Å²) >= 11 is 0. The quantitative estimate of drug-likeness (QED) is 0.920. The number of carbonyl (C=O) groups excluding carboxylic acids is 2. The molecule has 0 aromatic heterocycles. The van der Waals surface area contributed by atoms with Crippen molar-refractivity contribution in [2.75, 3.05) is 4.90 Å². The van der Waals surface area contributed by atoms with Gasteiger partial charge in [-0.05, 0) is 43.5 Å². The number of nitrogens with zero attached hydrogens (tertiary/aromatic N) is 2. The van der Waals surface area contributed by atoms with Gasteiger partial charge in [-0.1, -0.05) is 36.4 Å². The first-order valence-electron chi connectivity index (χ1n) is 8.46. The van der Waals surface area contributed by atoms with Crippen molar-refractivity contribution >= 4 is 29.4 Å². The number of para-hydroxylation sites is 2. The van der Waals surface area contributed by atoms with Crippen LogP contribution in [0.5, 0.6) is 0 Å². The predicted octanol–water partition coefficient (Wildman–Crippen LogP) is 3.43. The zero-order valence-corrected chi connectivity index (χ0v) is 14.8. The molecule has 2 aromatic rings. The third-order valence-corrected chi connectivity index (χ3v) is 4.49. The van der Waals surface area contributed by atoms with E-state index in [1.807, 2.05) is 62.4 Å². The van der Waals surface area contributed by atoms with Crippen molar-refractivity contribution < 1.29 is 9.59 Å². The Balaban J connectivity index is 2.07. The molecule has 0 saturated heterocycles. The van der Waals surface area contributed by atoms with Gasteiger partial charge >= 0.3 is 0 Å². The Labute approximate surface area is 152 Å². The summed E-state index contributed by atoms with van der Waals surface area (Å²) in [5, 5.41) is 0. The monoisotopic (exact) mass is 347 g/mol. The van der Waals surface area contributed by atoms with E-state index in [4.69, 9.17) is 5.73 Å².